The van der Waals surface area contributed by atoms with Gasteiger partial charge in [0.05, 0.1) is 0 Å². The van der Waals surface area contributed by atoms with Crippen LogP contribution in [0, 0.1) is 6.92 Å². The Morgan fingerprint density at radius 2 is 2.21 bits per heavy atom. The Balaban J connectivity index is 2.58. The van der Waals surface area contributed by atoms with E-state index in [0.29, 0.717) is 6.42 Å². The molecular formula is C11H11ClOS. The predicted molar refractivity (Wildman–Crippen MR) is 61.3 cm³/mol. The lowest BCUT2D eigenvalue weighted by molar-refractivity contribution is 0.0989. The van der Waals surface area contributed by atoms with Gasteiger partial charge in [0.1, 0.15) is 0 Å². The number of carbonyl (C=O) groups excluding carboxylic acids is 1. The summed E-state index contributed by atoms with van der Waals surface area (Å²) in [5, 5.41) is 0.739. The van der Waals surface area contributed by atoms with Crippen molar-refractivity contribution >= 4 is 29.1 Å². The van der Waals surface area contributed by atoms with E-state index in [-0.39, 0.29) is 5.78 Å². The molecule has 0 saturated carbocycles. The average Bonchev–Trinajstić information content (AvgIpc) is 2.29. The fourth-order valence-electron chi connectivity index (χ4n) is 1.64. The van der Waals surface area contributed by atoms with Crippen molar-refractivity contribution in [1.29, 1.82) is 0 Å². The van der Waals surface area contributed by atoms with Crippen LogP contribution in [0.4, 0.5) is 0 Å². The fraction of sp³-hybridized carbons (Fsp3) is 0.364. The summed E-state index contributed by atoms with van der Waals surface area (Å²) in [7, 11) is 0. The number of fused-ring (bicyclic) bond motifs is 1. The molecule has 1 aromatic rings. The highest BCUT2D eigenvalue weighted by molar-refractivity contribution is 7.98. The maximum absolute atomic E-state index is 11.7. The molecule has 14 heavy (non-hydrogen) atoms. The van der Waals surface area contributed by atoms with Crippen LogP contribution in [-0.4, -0.2) is 11.5 Å². The highest BCUT2D eigenvalue weighted by atomic mass is 35.5. The molecule has 0 fully saturated rings. The van der Waals surface area contributed by atoms with Gasteiger partial charge in [-0.1, -0.05) is 11.6 Å². The summed E-state index contributed by atoms with van der Waals surface area (Å²) in [4.78, 5) is 11.7. The lowest BCUT2D eigenvalue weighted by Crippen LogP contribution is -2.02. The van der Waals surface area contributed by atoms with Crippen molar-refractivity contribution in [2.24, 2.45) is 0 Å². The SMILES string of the molecule is Cc1cc(Cl)c2c(c1)C(=O)CCSC2. The normalized spacial score (nSPS) is 16.3. The Hall–Kier alpha value is -0.470. The molecule has 0 aliphatic carbocycles. The van der Waals surface area contributed by atoms with Crippen LogP contribution in [0.1, 0.15) is 27.9 Å². The second-order valence-electron chi connectivity index (χ2n) is 3.50. The molecule has 3 heteroatoms. The summed E-state index contributed by atoms with van der Waals surface area (Å²) in [6, 6.07) is 3.88. The van der Waals surface area contributed by atoms with E-state index in [9.17, 15) is 4.79 Å². The van der Waals surface area contributed by atoms with Crippen LogP contribution in [0.3, 0.4) is 0 Å². The number of hydrogen-bond donors (Lipinski definition) is 0. The van der Waals surface area contributed by atoms with E-state index >= 15 is 0 Å². The number of rotatable bonds is 0. The van der Waals surface area contributed by atoms with E-state index < -0.39 is 0 Å². The minimum atomic E-state index is 0.232. The maximum Gasteiger partial charge on any atom is 0.164 e. The van der Waals surface area contributed by atoms with Gasteiger partial charge in [-0.2, -0.15) is 11.8 Å². The van der Waals surface area contributed by atoms with Crippen LogP contribution < -0.4 is 0 Å². The van der Waals surface area contributed by atoms with Crippen LogP contribution in [0.2, 0.25) is 5.02 Å². The smallest absolute Gasteiger partial charge is 0.164 e. The van der Waals surface area contributed by atoms with Gasteiger partial charge in [-0.15, -0.1) is 0 Å². The first-order valence-electron chi connectivity index (χ1n) is 4.58. The fourth-order valence-corrected chi connectivity index (χ4v) is 3.05. The minimum Gasteiger partial charge on any atom is -0.294 e. The van der Waals surface area contributed by atoms with Gasteiger partial charge in [-0.3, -0.25) is 4.79 Å². The molecule has 1 heterocycles. The first-order valence-corrected chi connectivity index (χ1v) is 6.11. The van der Waals surface area contributed by atoms with Crippen molar-refractivity contribution < 1.29 is 4.79 Å². The number of thioether (sulfide) groups is 1. The lowest BCUT2D eigenvalue weighted by atomic mass is 10.0. The van der Waals surface area contributed by atoms with Crippen LogP contribution in [0.15, 0.2) is 12.1 Å². The molecule has 74 valence electrons. The molecule has 0 bridgehead atoms. The van der Waals surface area contributed by atoms with Crippen molar-refractivity contribution in [2.45, 2.75) is 19.1 Å². The van der Waals surface area contributed by atoms with Gasteiger partial charge in [0.2, 0.25) is 0 Å². The number of aryl methyl sites for hydroxylation is 1. The Bertz CT molecular complexity index is 387. The zero-order valence-electron chi connectivity index (χ0n) is 7.97. The Kier molecular flexibility index (Phi) is 2.84. The quantitative estimate of drug-likeness (QED) is 0.674. The minimum absolute atomic E-state index is 0.232. The van der Waals surface area contributed by atoms with Gasteiger partial charge in [-0.25, -0.2) is 0 Å². The van der Waals surface area contributed by atoms with Crippen LogP contribution >= 0.6 is 23.4 Å². The van der Waals surface area contributed by atoms with E-state index in [1.54, 1.807) is 11.8 Å². The predicted octanol–water partition coefficient (Wildman–Crippen LogP) is 3.47. The number of benzene rings is 1. The first-order chi connectivity index (χ1) is 6.68. The molecule has 0 aromatic heterocycles. The van der Waals surface area contributed by atoms with Crippen molar-refractivity contribution in [1.82, 2.24) is 0 Å². The number of halogens is 1. The molecule has 0 N–H and O–H groups in total. The molecule has 1 aromatic carbocycles. The molecule has 2 rings (SSSR count). The van der Waals surface area contributed by atoms with Crippen molar-refractivity contribution in [3.05, 3.63) is 33.8 Å². The summed E-state index contributed by atoms with van der Waals surface area (Å²) >= 11 is 7.90. The van der Waals surface area contributed by atoms with Gasteiger partial charge in [-0.05, 0) is 30.2 Å². The molecule has 0 amide bonds. The number of hydrogen-bond acceptors (Lipinski definition) is 2. The number of carbonyl (C=O) groups is 1. The third-order valence-electron chi connectivity index (χ3n) is 2.36. The topological polar surface area (TPSA) is 17.1 Å². The van der Waals surface area contributed by atoms with Gasteiger partial charge >= 0.3 is 0 Å². The Morgan fingerprint density at radius 3 is 3.00 bits per heavy atom. The maximum atomic E-state index is 11.7. The number of Topliss-reactive ketones (excluding diaryl/α,β-unsaturated/α-hetero) is 1. The molecule has 1 aliphatic heterocycles. The molecule has 1 aliphatic rings. The molecule has 0 spiro atoms. The largest absolute Gasteiger partial charge is 0.294 e. The molecule has 0 radical (unpaired) electrons. The van der Waals surface area contributed by atoms with Gasteiger partial charge in [0.25, 0.3) is 0 Å². The second-order valence-corrected chi connectivity index (χ2v) is 5.01. The monoisotopic (exact) mass is 226 g/mol. The molecule has 0 saturated heterocycles. The third-order valence-corrected chi connectivity index (χ3v) is 3.68. The van der Waals surface area contributed by atoms with Crippen LogP contribution in [0.5, 0.6) is 0 Å². The summed E-state index contributed by atoms with van der Waals surface area (Å²) in [6.07, 6.45) is 0.636. The van der Waals surface area contributed by atoms with Crippen molar-refractivity contribution in [2.75, 3.05) is 5.75 Å². The highest BCUT2D eigenvalue weighted by Gasteiger charge is 2.18. The summed E-state index contributed by atoms with van der Waals surface area (Å²) in [5.74, 6) is 2.00. The number of ketones is 1. The lowest BCUT2D eigenvalue weighted by Gasteiger charge is -2.07. The highest BCUT2D eigenvalue weighted by Crippen LogP contribution is 2.30. The van der Waals surface area contributed by atoms with E-state index in [1.165, 1.54) is 0 Å². The Labute approximate surface area is 92.8 Å². The zero-order chi connectivity index (χ0) is 10.1. The summed E-state index contributed by atoms with van der Waals surface area (Å²) < 4.78 is 0. The summed E-state index contributed by atoms with van der Waals surface area (Å²) in [6.45, 7) is 1.97. The molecule has 1 nitrogen and oxygen atoms in total. The van der Waals surface area contributed by atoms with Gasteiger partial charge in [0.15, 0.2) is 5.78 Å². The van der Waals surface area contributed by atoms with E-state index in [4.69, 9.17) is 11.6 Å². The first kappa shape index (κ1) is 10.1. The standard InChI is InChI=1S/C11H11ClOS/c1-7-4-8-9(10(12)5-7)6-14-3-2-11(8)13/h4-5H,2-3,6H2,1H3. The van der Waals surface area contributed by atoms with E-state index in [0.717, 1.165) is 33.2 Å². The van der Waals surface area contributed by atoms with Gasteiger partial charge < -0.3 is 0 Å². The molecular weight excluding hydrogens is 216 g/mol. The summed E-state index contributed by atoms with van der Waals surface area (Å²) in [5.41, 5.74) is 2.92. The molecule has 0 atom stereocenters. The second kappa shape index (κ2) is 3.95. The van der Waals surface area contributed by atoms with Crippen molar-refractivity contribution in [3.63, 3.8) is 0 Å². The van der Waals surface area contributed by atoms with Crippen molar-refractivity contribution in [3.8, 4) is 0 Å². The molecule has 0 unspecified atom stereocenters. The average molecular weight is 227 g/mol. The Morgan fingerprint density at radius 1 is 1.43 bits per heavy atom. The zero-order valence-corrected chi connectivity index (χ0v) is 9.54. The van der Waals surface area contributed by atoms with Gasteiger partial charge in [0, 0.05) is 28.5 Å². The van der Waals surface area contributed by atoms with Crippen LogP contribution in [0.25, 0.3) is 0 Å². The van der Waals surface area contributed by atoms with Crippen LogP contribution in [-0.2, 0) is 5.75 Å². The van der Waals surface area contributed by atoms with E-state index in [1.807, 2.05) is 19.1 Å². The van der Waals surface area contributed by atoms with E-state index in [2.05, 4.69) is 0 Å². The third kappa shape index (κ3) is 1.82.